The summed E-state index contributed by atoms with van der Waals surface area (Å²) in [6.45, 7) is 3.90. The van der Waals surface area contributed by atoms with E-state index in [-0.39, 0.29) is 12.5 Å². The monoisotopic (exact) mass is 341 g/mol. The zero-order chi connectivity index (χ0) is 17.5. The Hall–Kier alpha value is -2.76. The van der Waals surface area contributed by atoms with Crippen LogP contribution in [0.5, 0.6) is 5.75 Å². The number of hydrogen-bond acceptors (Lipinski definition) is 5. The van der Waals surface area contributed by atoms with Gasteiger partial charge >= 0.3 is 0 Å². The number of piperidine rings is 1. The SMILES string of the molecule is Cc1ccccc1OCC(=O)N/N=C\c1ccc(N2CCCCC2)o1. The molecule has 6 nitrogen and oxygen atoms in total. The van der Waals surface area contributed by atoms with Gasteiger partial charge in [-0.2, -0.15) is 5.10 Å². The molecule has 1 aromatic carbocycles. The smallest absolute Gasteiger partial charge is 0.277 e. The summed E-state index contributed by atoms with van der Waals surface area (Å²) in [7, 11) is 0. The van der Waals surface area contributed by atoms with Gasteiger partial charge in [0.15, 0.2) is 12.5 Å². The number of hydrogen-bond donors (Lipinski definition) is 1. The number of nitrogens with one attached hydrogen (secondary N) is 1. The summed E-state index contributed by atoms with van der Waals surface area (Å²) in [4.78, 5) is 14.0. The van der Waals surface area contributed by atoms with E-state index in [1.165, 1.54) is 25.5 Å². The summed E-state index contributed by atoms with van der Waals surface area (Å²) in [5.41, 5.74) is 3.43. The lowest BCUT2D eigenvalue weighted by Crippen LogP contribution is -2.28. The number of rotatable bonds is 6. The number of hydrazone groups is 1. The Balaban J connectivity index is 1.45. The fraction of sp³-hybridized carbons (Fsp3) is 0.368. The van der Waals surface area contributed by atoms with Gasteiger partial charge in [-0.3, -0.25) is 4.79 Å². The summed E-state index contributed by atoms with van der Waals surface area (Å²) >= 11 is 0. The summed E-state index contributed by atoms with van der Waals surface area (Å²) in [5.74, 6) is 1.84. The molecule has 0 aliphatic carbocycles. The van der Waals surface area contributed by atoms with Crippen LogP contribution in [0, 0.1) is 6.92 Å². The van der Waals surface area contributed by atoms with Gasteiger partial charge in [0.1, 0.15) is 11.5 Å². The van der Waals surface area contributed by atoms with Crippen LogP contribution < -0.4 is 15.1 Å². The summed E-state index contributed by atoms with van der Waals surface area (Å²) in [6, 6.07) is 11.3. The van der Waals surface area contributed by atoms with Gasteiger partial charge in [-0.05, 0) is 43.9 Å². The molecule has 0 radical (unpaired) electrons. The van der Waals surface area contributed by atoms with Crippen LogP contribution in [-0.4, -0.2) is 31.8 Å². The highest BCUT2D eigenvalue weighted by molar-refractivity contribution is 5.81. The zero-order valence-electron chi connectivity index (χ0n) is 14.4. The van der Waals surface area contributed by atoms with E-state index in [1.807, 2.05) is 43.3 Å². The fourth-order valence-corrected chi connectivity index (χ4v) is 2.76. The number of carbonyl (C=O) groups is 1. The van der Waals surface area contributed by atoms with Crippen LogP contribution in [0.1, 0.15) is 30.6 Å². The third-order valence-electron chi connectivity index (χ3n) is 4.11. The van der Waals surface area contributed by atoms with Crippen molar-refractivity contribution < 1.29 is 13.9 Å². The highest BCUT2D eigenvalue weighted by Gasteiger charge is 2.13. The van der Waals surface area contributed by atoms with Crippen LogP contribution in [0.15, 0.2) is 45.9 Å². The summed E-state index contributed by atoms with van der Waals surface area (Å²) < 4.78 is 11.2. The van der Waals surface area contributed by atoms with Gasteiger partial charge in [0, 0.05) is 19.2 Å². The molecule has 1 fully saturated rings. The number of nitrogens with zero attached hydrogens (tertiary/aromatic N) is 2. The minimum Gasteiger partial charge on any atom is -0.483 e. The third kappa shape index (κ3) is 4.86. The van der Waals surface area contributed by atoms with E-state index < -0.39 is 0 Å². The predicted octanol–water partition coefficient (Wildman–Crippen LogP) is 3.11. The first-order chi connectivity index (χ1) is 12.2. The molecule has 1 amide bonds. The molecule has 0 spiro atoms. The van der Waals surface area contributed by atoms with Crippen LogP contribution in [0.4, 0.5) is 5.88 Å². The molecule has 1 aliphatic rings. The van der Waals surface area contributed by atoms with E-state index in [0.29, 0.717) is 11.5 Å². The van der Waals surface area contributed by atoms with Gasteiger partial charge in [-0.25, -0.2) is 5.43 Å². The van der Waals surface area contributed by atoms with Crippen molar-refractivity contribution >= 4 is 18.0 Å². The molecule has 2 aromatic rings. The highest BCUT2D eigenvalue weighted by Crippen LogP contribution is 2.21. The van der Waals surface area contributed by atoms with E-state index >= 15 is 0 Å². The number of amides is 1. The Morgan fingerprint density at radius 1 is 1.24 bits per heavy atom. The highest BCUT2D eigenvalue weighted by atomic mass is 16.5. The van der Waals surface area contributed by atoms with Crippen molar-refractivity contribution in [2.24, 2.45) is 5.10 Å². The van der Waals surface area contributed by atoms with E-state index in [1.54, 1.807) is 0 Å². The molecule has 1 aromatic heterocycles. The minimum atomic E-state index is -0.317. The molecule has 0 saturated carbocycles. The molecule has 1 aliphatic heterocycles. The summed E-state index contributed by atoms with van der Waals surface area (Å²) in [5, 5.41) is 3.92. The van der Waals surface area contributed by atoms with Crippen LogP contribution >= 0.6 is 0 Å². The Bertz CT molecular complexity index is 733. The van der Waals surface area contributed by atoms with Gasteiger partial charge in [0.2, 0.25) is 0 Å². The average Bonchev–Trinajstić information content (AvgIpc) is 3.11. The van der Waals surface area contributed by atoms with Crippen LogP contribution in [0.2, 0.25) is 0 Å². The Morgan fingerprint density at radius 2 is 2.04 bits per heavy atom. The molecule has 132 valence electrons. The van der Waals surface area contributed by atoms with Crippen molar-refractivity contribution in [2.75, 3.05) is 24.6 Å². The van der Waals surface area contributed by atoms with Gasteiger partial charge < -0.3 is 14.1 Å². The van der Waals surface area contributed by atoms with E-state index in [0.717, 1.165) is 24.5 Å². The lowest BCUT2D eigenvalue weighted by Gasteiger charge is -2.25. The van der Waals surface area contributed by atoms with Gasteiger partial charge in [0.05, 0.1) is 6.21 Å². The molecule has 3 rings (SSSR count). The van der Waals surface area contributed by atoms with Crippen LogP contribution in [0.25, 0.3) is 0 Å². The van der Waals surface area contributed by atoms with Gasteiger partial charge in [-0.15, -0.1) is 0 Å². The maximum absolute atomic E-state index is 11.8. The Labute approximate surface area is 147 Å². The maximum Gasteiger partial charge on any atom is 0.277 e. The maximum atomic E-state index is 11.8. The number of benzene rings is 1. The first-order valence-electron chi connectivity index (χ1n) is 8.57. The molecule has 0 unspecified atom stereocenters. The zero-order valence-corrected chi connectivity index (χ0v) is 14.4. The molecular weight excluding hydrogens is 318 g/mol. The Kier molecular flexibility index (Phi) is 5.72. The van der Waals surface area contributed by atoms with Crippen molar-refractivity contribution in [2.45, 2.75) is 26.2 Å². The van der Waals surface area contributed by atoms with Gasteiger partial charge in [0.25, 0.3) is 5.91 Å². The van der Waals surface area contributed by atoms with Crippen LogP contribution in [0.3, 0.4) is 0 Å². The first-order valence-corrected chi connectivity index (χ1v) is 8.57. The average molecular weight is 341 g/mol. The number of carbonyl (C=O) groups excluding carboxylic acids is 1. The Morgan fingerprint density at radius 3 is 2.84 bits per heavy atom. The molecule has 2 heterocycles. The molecule has 25 heavy (non-hydrogen) atoms. The largest absolute Gasteiger partial charge is 0.483 e. The van der Waals surface area contributed by atoms with Crippen molar-refractivity contribution in [1.29, 1.82) is 0 Å². The molecular formula is C19H23N3O3. The second-order valence-corrected chi connectivity index (χ2v) is 6.07. The molecule has 1 N–H and O–H groups in total. The van der Waals surface area contributed by atoms with Crippen molar-refractivity contribution in [3.63, 3.8) is 0 Å². The van der Waals surface area contributed by atoms with E-state index in [4.69, 9.17) is 9.15 Å². The van der Waals surface area contributed by atoms with E-state index in [9.17, 15) is 4.79 Å². The second kappa shape index (κ2) is 8.37. The number of furan rings is 1. The lowest BCUT2D eigenvalue weighted by atomic mass is 10.1. The molecule has 0 bridgehead atoms. The number of aryl methyl sites for hydroxylation is 1. The van der Waals surface area contributed by atoms with E-state index in [2.05, 4.69) is 15.4 Å². The number of anilines is 1. The predicted molar refractivity (Wildman–Crippen MR) is 97.2 cm³/mol. The standard InChI is InChI=1S/C19H23N3O3/c1-15-7-3-4-8-17(15)24-14-18(23)21-20-13-16-9-10-19(25-16)22-11-5-2-6-12-22/h3-4,7-10,13H,2,5-6,11-12,14H2,1H3,(H,21,23)/b20-13-. The first kappa shape index (κ1) is 17.1. The topological polar surface area (TPSA) is 67.1 Å². The van der Waals surface area contributed by atoms with Crippen LogP contribution in [-0.2, 0) is 4.79 Å². The normalized spacial score (nSPS) is 14.7. The number of ether oxygens (including phenoxy) is 1. The molecule has 1 saturated heterocycles. The minimum absolute atomic E-state index is 0.0840. The quantitative estimate of drug-likeness (QED) is 0.647. The van der Waals surface area contributed by atoms with Crippen molar-refractivity contribution in [1.82, 2.24) is 5.43 Å². The fourth-order valence-electron chi connectivity index (χ4n) is 2.76. The van der Waals surface area contributed by atoms with Gasteiger partial charge in [-0.1, -0.05) is 18.2 Å². The summed E-state index contributed by atoms with van der Waals surface area (Å²) in [6.07, 6.45) is 5.17. The number of para-hydroxylation sites is 1. The lowest BCUT2D eigenvalue weighted by molar-refractivity contribution is -0.123. The molecule has 0 atom stereocenters. The van der Waals surface area contributed by atoms with Crippen molar-refractivity contribution in [3.8, 4) is 5.75 Å². The van der Waals surface area contributed by atoms with Crippen molar-refractivity contribution in [3.05, 3.63) is 47.7 Å². The molecule has 6 heteroatoms. The third-order valence-corrected chi connectivity index (χ3v) is 4.11. The second-order valence-electron chi connectivity index (χ2n) is 6.07.